The van der Waals surface area contributed by atoms with Gasteiger partial charge in [0.25, 0.3) is 5.91 Å². The van der Waals surface area contributed by atoms with Crippen LogP contribution in [0, 0.1) is 6.92 Å². The molecule has 1 amide bonds. The predicted octanol–water partition coefficient (Wildman–Crippen LogP) is 6.80. The highest BCUT2D eigenvalue weighted by Gasteiger charge is 2.31. The Morgan fingerprint density at radius 1 is 0.923 bits per heavy atom. The van der Waals surface area contributed by atoms with E-state index in [4.69, 9.17) is 9.47 Å². The second-order valence-corrected chi connectivity index (χ2v) is 9.58. The summed E-state index contributed by atoms with van der Waals surface area (Å²) < 4.78 is 51.5. The summed E-state index contributed by atoms with van der Waals surface area (Å²) in [5.41, 5.74) is 1.68. The smallest absolute Gasteiger partial charge is 0.416 e. The topological polar surface area (TPSA) is 50.8 Å². The summed E-state index contributed by atoms with van der Waals surface area (Å²) in [6, 6.07) is 21.9. The first-order valence-corrected chi connectivity index (χ1v) is 12.8. The van der Waals surface area contributed by atoms with E-state index < -0.39 is 11.7 Å². The number of hydrogen-bond donors (Lipinski definition) is 1. The molecule has 1 aliphatic rings. The molecule has 0 atom stereocenters. The van der Waals surface area contributed by atoms with Crippen molar-refractivity contribution in [2.24, 2.45) is 0 Å². The zero-order chi connectivity index (χ0) is 27.4. The molecule has 0 spiro atoms. The van der Waals surface area contributed by atoms with E-state index in [0.717, 1.165) is 61.5 Å². The molecule has 1 saturated heterocycles. The SMILES string of the molecule is Cc1cc(-c2cccc(C(=O)Nc3ccc(OCCN4CCOCC4)c4ccccc34)c2)cc(C(F)(F)F)c1. The van der Waals surface area contributed by atoms with Crippen LogP contribution < -0.4 is 10.1 Å². The van der Waals surface area contributed by atoms with Crippen LogP contribution in [-0.2, 0) is 10.9 Å². The first-order chi connectivity index (χ1) is 18.8. The van der Waals surface area contributed by atoms with Crippen molar-refractivity contribution in [3.8, 4) is 16.9 Å². The molecule has 202 valence electrons. The molecule has 5 nitrogen and oxygen atoms in total. The van der Waals surface area contributed by atoms with Gasteiger partial charge in [0.05, 0.1) is 18.8 Å². The highest BCUT2D eigenvalue weighted by molar-refractivity contribution is 6.10. The van der Waals surface area contributed by atoms with Crippen LogP contribution in [-0.4, -0.2) is 50.3 Å². The first kappa shape index (κ1) is 26.7. The van der Waals surface area contributed by atoms with Gasteiger partial charge in [-0.05, 0) is 60.0 Å². The second kappa shape index (κ2) is 11.5. The number of rotatable bonds is 7. The number of hydrogen-bond acceptors (Lipinski definition) is 4. The standard InChI is InChI=1S/C31H29F3N2O3/c1-21-17-24(20-25(18-21)31(32,33)34)22-5-4-6-23(19-22)30(37)35-28-9-10-29(27-8-3-2-7-26(27)28)39-16-13-36-11-14-38-15-12-36/h2-10,17-20H,11-16H2,1H3,(H,35,37). The predicted molar refractivity (Wildman–Crippen MR) is 146 cm³/mol. The number of fused-ring (bicyclic) bond motifs is 1. The van der Waals surface area contributed by atoms with Crippen molar-refractivity contribution in [3.05, 3.63) is 95.6 Å². The van der Waals surface area contributed by atoms with Crippen LogP contribution in [0.5, 0.6) is 5.75 Å². The van der Waals surface area contributed by atoms with Crippen LogP contribution in [0.2, 0.25) is 0 Å². The normalized spacial score (nSPS) is 14.4. The summed E-state index contributed by atoms with van der Waals surface area (Å²) in [6.07, 6.45) is -4.45. The minimum absolute atomic E-state index is 0.345. The first-order valence-electron chi connectivity index (χ1n) is 12.8. The summed E-state index contributed by atoms with van der Waals surface area (Å²) in [7, 11) is 0. The van der Waals surface area contributed by atoms with Gasteiger partial charge in [0.2, 0.25) is 0 Å². The Balaban J connectivity index is 1.34. The molecule has 1 fully saturated rings. The van der Waals surface area contributed by atoms with Gasteiger partial charge < -0.3 is 14.8 Å². The molecule has 1 N–H and O–H groups in total. The van der Waals surface area contributed by atoms with E-state index in [9.17, 15) is 18.0 Å². The number of nitrogens with zero attached hydrogens (tertiary/aromatic N) is 1. The van der Waals surface area contributed by atoms with Crippen LogP contribution in [0.15, 0.2) is 78.9 Å². The third kappa shape index (κ3) is 6.41. The highest BCUT2D eigenvalue weighted by Crippen LogP contribution is 2.34. The van der Waals surface area contributed by atoms with Gasteiger partial charge in [-0.25, -0.2) is 0 Å². The minimum atomic E-state index is -4.45. The van der Waals surface area contributed by atoms with Crippen molar-refractivity contribution in [1.82, 2.24) is 4.90 Å². The average molecular weight is 535 g/mol. The molecule has 39 heavy (non-hydrogen) atoms. The lowest BCUT2D eigenvalue weighted by atomic mass is 9.98. The molecule has 0 unspecified atom stereocenters. The number of anilines is 1. The zero-order valence-electron chi connectivity index (χ0n) is 21.6. The maximum atomic E-state index is 13.3. The molecule has 4 aromatic rings. The van der Waals surface area contributed by atoms with E-state index in [2.05, 4.69) is 10.2 Å². The molecule has 8 heteroatoms. The Labute approximate surface area is 225 Å². The monoisotopic (exact) mass is 534 g/mol. The van der Waals surface area contributed by atoms with Gasteiger partial charge >= 0.3 is 6.18 Å². The number of alkyl halides is 3. The van der Waals surface area contributed by atoms with Crippen molar-refractivity contribution in [2.45, 2.75) is 13.1 Å². The third-order valence-corrected chi connectivity index (χ3v) is 6.76. The van der Waals surface area contributed by atoms with Crippen LogP contribution in [0.3, 0.4) is 0 Å². The number of nitrogens with one attached hydrogen (secondary N) is 1. The maximum absolute atomic E-state index is 13.3. The molecule has 0 bridgehead atoms. The Bertz CT molecular complexity index is 1480. The summed E-state index contributed by atoms with van der Waals surface area (Å²) in [5.74, 6) is 0.380. The van der Waals surface area contributed by atoms with Crippen LogP contribution >= 0.6 is 0 Å². The van der Waals surface area contributed by atoms with Gasteiger partial charge in [0.15, 0.2) is 0 Å². The second-order valence-electron chi connectivity index (χ2n) is 9.58. The fourth-order valence-electron chi connectivity index (χ4n) is 4.76. The van der Waals surface area contributed by atoms with Gasteiger partial charge in [0.1, 0.15) is 12.4 Å². The number of halogens is 3. The number of carbonyl (C=O) groups excluding carboxylic acids is 1. The lowest BCUT2D eigenvalue weighted by Gasteiger charge is -2.26. The van der Waals surface area contributed by atoms with Crippen LogP contribution in [0.25, 0.3) is 21.9 Å². The number of ether oxygens (including phenoxy) is 2. The van der Waals surface area contributed by atoms with E-state index in [1.807, 2.05) is 36.4 Å². The molecule has 0 aliphatic carbocycles. The Morgan fingerprint density at radius 2 is 1.69 bits per heavy atom. The molecule has 5 rings (SSSR count). The molecule has 1 aliphatic heterocycles. The molecule has 0 aromatic heterocycles. The fourth-order valence-corrected chi connectivity index (χ4v) is 4.76. The highest BCUT2D eigenvalue weighted by atomic mass is 19.4. The molecule has 1 heterocycles. The van der Waals surface area contributed by atoms with Crippen molar-refractivity contribution < 1.29 is 27.4 Å². The van der Waals surface area contributed by atoms with Crippen molar-refractivity contribution in [1.29, 1.82) is 0 Å². The summed E-state index contributed by atoms with van der Waals surface area (Å²) >= 11 is 0. The van der Waals surface area contributed by atoms with Gasteiger partial charge in [-0.1, -0.05) is 42.5 Å². The number of aryl methyl sites for hydroxylation is 1. The van der Waals surface area contributed by atoms with Gasteiger partial charge in [-0.3, -0.25) is 9.69 Å². The van der Waals surface area contributed by atoms with Gasteiger partial charge in [0, 0.05) is 41.7 Å². The maximum Gasteiger partial charge on any atom is 0.416 e. The quantitative estimate of drug-likeness (QED) is 0.283. The third-order valence-electron chi connectivity index (χ3n) is 6.76. The number of amides is 1. The van der Waals surface area contributed by atoms with E-state index in [1.54, 1.807) is 37.3 Å². The van der Waals surface area contributed by atoms with E-state index in [0.29, 0.717) is 34.5 Å². The Hall–Kier alpha value is -3.88. The van der Waals surface area contributed by atoms with Crippen molar-refractivity contribution in [3.63, 3.8) is 0 Å². The lowest BCUT2D eigenvalue weighted by Crippen LogP contribution is -2.38. The average Bonchev–Trinajstić information content (AvgIpc) is 2.94. The van der Waals surface area contributed by atoms with Gasteiger partial charge in [-0.15, -0.1) is 0 Å². The van der Waals surface area contributed by atoms with E-state index in [-0.39, 0.29) is 5.91 Å². The molecule has 0 radical (unpaired) electrons. The van der Waals surface area contributed by atoms with E-state index >= 15 is 0 Å². The van der Waals surface area contributed by atoms with E-state index in [1.165, 1.54) is 0 Å². The van der Waals surface area contributed by atoms with Crippen LogP contribution in [0.4, 0.5) is 18.9 Å². The largest absolute Gasteiger partial charge is 0.492 e. The fraction of sp³-hybridized carbons (Fsp3) is 0.258. The van der Waals surface area contributed by atoms with Crippen LogP contribution in [0.1, 0.15) is 21.5 Å². The number of morpholine rings is 1. The molecule has 4 aromatic carbocycles. The lowest BCUT2D eigenvalue weighted by molar-refractivity contribution is -0.137. The number of carbonyl (C=O) groups is 1. The van der Waals surface area contributed by atoms with Gasteiger partial charge in [-0.2, -0.15) is 13.2 Å². The molecule has 0 saturated carbocycles. The minimum Gasteiger partial charge on any atom is -0.492 e. The van der Waals surface area contributed by atoms with Crippen molar-refractivity contribution in [2.75, 3.05) is 44.8 Å². The summed E-state index contributed by atoms with van der Waals surface area (Å²) in [4.78, 5) is 15.5. The Kier molecular flexibility index (Phi) is 7.86. The molecular weight excluding hydrogens is 505 g/mol. The number of benzene rings is 4. The Morgan fingerprint density at radius 3 is 2.46 bits per heavy atom. The summed E-state index contributed by atoms with van der Waals surface area (Å²) in [6.45, 7) is 6.22. The van der Waals surface area contributed by atoms with Crippen molar-refractivity contribution >= 4 is 22.4 Å². The zero-order valence-corrected chi connectivity index (χ0v) is 21.6. The molecular formula is C31H29F3N2O3. The summed E-state index contributed by atoms with van der Waals surface area (Å²) in [5, 5.41) is 4.68.